The van der Waals surface area contributed by atoms with Gasteiger partial charge in [0.05, 0.1) is 4.47 Å². The number of hydrogen-bond donors (Lipinski definition) is 3. The first-order valence-electron chi connectivity index (χ1n) is 5.18. The number of halogens is 2. The van der Waals surface area contributed by atoms with Crippen LogP contribution in [0.15, 0.2) is 22.7 Å². The van der Waals surface area contributed by atoms with E-state index in [2.05, 4.69) is 31.9 Å². The zero-order valence-electron chi connectivity index (χ0n) is 9.88. The number of amides is 3. The molecule has 1 aromatic carbocycles. The Bertz CT molecular complexity index is 468. The lowest BCUT2D eigenvalue weighted by atomic mass is 10.2. The van der Waals surface area contributed by atoms with Crippen molar-refractivity contribution >= 4 is 33.6 Å². The van der Waals surface area contributed by atoms with Gasteiger partial charge in [-0.15, -0.1) is 0 Å². The summed E-state index contributed by atoms with van der Waals surface area (Å²) in [4.78, 5) is 22.5. The highest BCUT2D eigenvalue weighted by molar-refractivity contribution is 9.10. The Labute approximate surface area is 112 Å². The largest absolute Gasteiger partial charge is 0.374 e. The molecule has 3 N–H and O–H groups in total. The van der Waals surface area contributed by atoms with Crippen molar-refractivity contribution < 1.29 is 14.0 Å². The number of hydrogen-bond acceptors (Lipinski definition) is 3. The van der Waals surface area contributed by atoms with E-state index in [1.165, 1.54) is 25.2 Å². The maximum absolute atomic E-state index is 13.0. The average molecular weight is 318 g/mol. The molecular weight excluding hydrogens is 305 g/mol. The van der Waals surface area contributed by atoms with Crippen LogP contribution in [0.25, 0.3) is 0 Å². The Morgan fingerprint density at radius 2 is 2.06 bits per heavy atom. The molecule has 0 saturated carbocycles. The molecular formula is C11H13BrFN3O2. The molecule has 1 aromatic rings. The molecule has 7 heteroatoms. The highest BCUT2D eigenvalue weighted by Crippen LogP contribution is 2.20. The van der Waals surface area contributed by atoms with E-state index in [0.29, 0.717) is 10.2 Å². The van der Waals surface area contributed by atoms with Gasteiger partial charge < -0.3 is 10.6 Å². The zero-order chi connectivity index (χ0) is 13.7. The summed E-state index contributed by atoms with van der Waals surface area (Å²) in [6.07, 6.45) is 0. The van der Waals surface area contributed by atoms with Crippen LogP contribution >= 0.6 is 15.9 Å². The molecule has 1 rings (SSSR count). The van der Waals surface area contributed by atoms with Crippen LogP contribution in [-0.2, 0) is 4.79 Å². The van der Waals surface area contributed by atoms with E-state index in [0.717, 1.165) is 0 Å². The summed E-state index contributed by atoms with van der Waals surface area (Å²) in [7, 11) is 1.41. The number of rotatable bonds is 3. The summed E-state index contributed by atoms with van der Waals surface area (Å²) in [5.41, 5.74) is 0.572. The smallest absolute Gasteiger partial charge is 0.321 e. The standard InChI is InChI=1S/C11H13BrFN3O2/c1-6(10(17)16-11(18)14-2)15-7-3-4-9(13)8(12)5-7/h3-6,15H,1-2H3,(H2,14,16,17,18). The molecule has 1 atom stereocenters. The number of urea groups is 1. The van der Waals surface area contributed by atoms with E-state index < -0.39 is 18.0 Å². The third kappa shape index (κ3) is 3.99. The van der Waals surface area contributed by atoms with Crippen molar-refractivity contribution in [2.24, 2.45) is 0 Å². The van der Waals surface area contributed by atoms with Gasteiger partial charge in [-0.3, -0.25) is 10.1 Å². The first kappa shape index (κ1) is 14.4. The van der Waals surface area contributed by atoms with Crippen LogP contribution in [0.1, 0.15) is 6.92 Å². The van der Waals surface area contributed by atoms with Gasteiger partial charge in [0, 0.05) is 12.7 Å². The third-order valence-electron chi connectivity index (χ3n) is 2.16. The quantitative estimate of drug-likeness (QED) is 0.796. The van der Waals surface area contributed by atoms with Gasteiger partial charge in [0.1, 0.15) is 11.9 Å². The van der Waals surface area contributed by atoms with Crippen molar-refractivity contribution in [1.82, 2.24) is 10.6 Å². The normalized spacial score (nSPS) is 11.6. The Morgan fingerprint density at radius 3 is 2.61 bits per heavy atom. The minimum atomic E-state index is -0.625. The van der Waals surface area contributed by atoms with Crippen molar-refractivity contribution in [3.05, 3.63) is 28.5 Å². The van der Waals surface area contributed by atoms with Crippen molar-refractivity contribution in [2.75, 3.05) is 12.4 Å². The summed E-state index contributed by atoms with van der Waals surface area (Å²) in [5.74, 6) is -0.863. The van der Waals surface area contributed by atoms with Gasteiger partial charge in [-0.1, -0.05) is 0 Å². The number of carbonyl (C=O) groups is 2. The molecule has 98 valence electrons. The molecule has 0 aliphatic carbocycles. The van der Waals surface area contributed by atoms with Crippen LogP contribution in [0, 0.1) is 5.82 Å². The fraction of sp³-hybridized carbons (Fsp3) is 0.273. The molecule has 0 fully saturated rings. The minimum absolute atomic E-state index is 0.298. The zero-order valence-corrected chi connectivity index (χ0v) is 11.5. The van der Waals surface area contributed by atoms with Gasteiger partial charge in [0.2, 0.25) is 5.91 Å². The van der Waals surface area contributed by atoms with E-state index >= 15 is 0 Å². The van der Waals surface area contributed by atoms with E-state index in [1.807, 2.05) is 0 Å². The number of imide groups is 1. The molecule has 0 aromatic heterocycles. The summed E-state index contributed by atoms with van der Waals surface area (Å²) < 4.78 is 13.3. The summed E-state index contributed by atoms with van der Waals surface area (Å²) >= 11 is 3.04. The van der Waals surface area contributed by atoms with Gasteiger partial charge in [-0.25, -0.2) is 9.18 Å². The minimum Gasteiger partial charge on any atom is -0.374 e. The second-order valence-corrected chi connectivity index (χ2v) is 4.42. The Kier molecular flexibility index (Phi) is 5.08. The fourth-order valence-corrected chi connectivity index (χ4v) is 1.56. The Morgan fingerprint density at radius 1 is 1.39 bits per heavy atom. The van der Waals surface area contributed by atoms with Crippen LogP contribution in [0.4, 0.5) is 14.9 Å². The van der Waals surface area contributed by atoms with Crippen LogP contribution in [-0.4, -0.2) is 25.0 Å². The monoisotopic (exact) mass is 317 g/mol. The molecule has 5 nitrogen and oxygen atoms in total. The van der Waals surface area contributed by atoms with E-state index in [9.17, 15) is 14.0 Å². The number of benzene rings is 1. The van der Waals surface area contributed by atoms with Crippen molar-refractivity contribution in [2.45, 2.75) is 13.0 Å². The summed E-state index contributed by atoms with van der Waals surface area (Å²) in [5, 5.41) is 7.26. The number of carbonyl (C=O) groups excluding carboxylic acids is 2. The lowest BCUT2D eigenvalue weighted by molar-refractivity contribution is -0.120. The van der Waals surface area contributed by atoms with Crippen LogP contribution in [0.2, 0.25) is 0 Å². The number of anilines is 1. The molecule has 0 heterocycles. The average Bonchev–Trinajstić information content (AvgIpc) is 2.33. The predicted octanol–water partition coefficient (Wildman–Crippen LogP) is 1.84. The lowest BCUT2D eigenvalue weighted by Gasteiger charge is -2.14. The molecule has 3 amide bonds. The van der Waals surface area contributed by atoms with Gasteiger partial charge in [-0.05, 0) is 41.1 Å². The van der Waals surface area contributed by atoms with Crippen molar-refractivity contribution in [1.29, 1.82) is 0 Å². The van der Waals surface area contributed by atoms with Gasteiger partial charge in [0.15, 0.2) is 0 Å². The molecule has 0 spiro atoms. The molecule has 0 saturated heterocycles. The second-order valence-electron chi connectivity index (χ2n) is 3.56. The molecule has 0 aliphatic heterocycles. The Balaban J connectivity index is 2.63. The van der Waals surface area contributed by atoms with Gasteiger partial charge >= 0.3 is 6.03 Å². The Hall–Kier alpha value is -1.63. The maximum atomic E-state index is 13.0. The topological polar surface area (TPSA) is 70.2 Å². The molecule has 1 unspecified atom stereocenters. The van der Waals surface area contributed by atoms with E-state index in [4.69, 9.17) is 0 Å². The highest BCUT2D eigenvalue weighted by atomic mass is 79.9. The van der Waals surface area contributed by atoms with Crippen LogP contribution in [0.5, 0.6) is 0 Å². The second kappa shape index (κ2) is 6.34. The van der Waals surface area contributed by atoms with Crippen molar-refractivity contribution in [3.8, 4) is 0 Å². The summed E-state index contributed by atoms with van der Waals surface area (Å²) in [6.45, 7) is 1.59. The van der Waals surface area contributed by atoms with E-state index in [-0.39, 0.29) is 5.82 Å². The highest BCUT2D eigenvalue weighted by Gasteiger charge is 2.15. The third-order valence-corrected chi connectivity index (χ3v) is 2.77. The molecule has 0 aliphatic rings. The van der Waals surface area contributed by atoms with Gasteiger partial charge in [-0.2, -0.15) is 0 Å². The number of nitrogens with one attached hydrogen (secondary N) is 3. The maximum Gasteiger partial charge on any atom is 0.321 e. The van der Waals surface area contributed by atoms with E-state index in [1.54, 1.807) is 6.92 Å². The van der Waals surface area contributed by atoms with Crippen molar-refractivity contribution in [3.63, 3.8) is 0 Å². The van der Waals surface area contributed by atoms with Gasteiger partial charge in [0.25, 0.3) is 0 Å². The molecule has 0 radical (unpaired) electrons. The molecule has 0 bridgehead atoms. The fourth-order valence-electron chi connectivity index (χ4n) is 1.18. The molecule has 18 heavy (non-hydrogen) atoms. The lowest BCUT2D eigenvalue weighted by Crippen LogP contribution is -2.44. The SMILES string of the molecule is CNC(=O)NC(=O)C(C)Nc1ccc(F)c(Br)c1. The predicted molar refractivity (Wildman–Crippen MR) is 69.8 cm³/mol. The van der Waals surface area contributed by atoms with Crippen LogP contribution < -0.4 is 16.0 Å². The first-order chi connectivity index (χ1) is 8.43. The first-order valence-corrected chi connectivity index (χ1v) is 5.97. The van der Waals surface area contributed by atoms with Crippen LogP contribution in [0.3, 0.4) is 0 Å². The summed E-state index contributed by atoms with van der Waals surface area (Å²) in [6, 6.07) is 3.09.